The molecule has 144 valence electrons. The molecule has 2 atom stereocenters. The van der Waals surface area contributed by atoms with Crippen molar-refractivity contribution >= 4 is 17.7 Å². The van der Waals surface area contributed by atoms with Crippen molar-refractivity contribution in [2.45, 2.75) is 49.0 Å². The maximum absolute atomic E-state index is 13.1. The number of nitrogens with zero attached hydrogens (tertiary/aromatic N) is 1. The average Bonchev–Trinajstić information content (AvgIpc) is 2.99. The summed E-state index contributed by atoms with van der Waals surface area (Å²) in [4.78, 5) is 15.9. The summed E-state index contributed by atoms with van der Waals surface area (Å²) in [5.41, 5.74) is 0.977. The zero-order valence-electron chi connectivity index (χ0n) is 15.6. The summed E-state index contributed by atoms with van der Waals surface area (Å²) in [6.07, 6.45) is 0.736. The van der Waals surface area contributed by atoms with Crippen LogP contribution in [0.25, 0.3) is 0 Å². The quantitative estimate of drug-likeness (QED) is 0.791. The Bertz CT molecular complexity index is 782. The number of hydrogen-bond donors (Lipinski definition) is 2. The molecule has 1 aliphatic heterocycles. The van der Waals surface area contributed by atoms with Gasteiger partial charge in [0.1, 0.15) is 11.6 Å². The third-order valence-electron chi connectivity index (χ3n) is 4.51. The number of phenolic OH excluding ortho intramolecular Hbond substituents is 1. The molecule has 0 aliphatic carbocycles. The Labute approximate surface area is 163 Å². The normalized spacial score (nSPS) is 20.1. The van der Waals surface area contributed by atoms with Gasteiger partial charge in [-0.25, -0.2) is 4.39 Å². The summed E-state index contributed by atoms with van der Waals surface area (Å²) < 4.78 is 13.1. The van der Waals surface area contributed by atoms with Gasteiger partial charge in [0.05, 0.1) is 6.04 Å². The summed E-state index contributed by atoms with van der Waals surface area (Å²) in [6.45, 7) is 5.27. The van der Waals surface area contributed by atoms with Gasteiger partial charge in [-0.3, -0.25) is 9.69 Å². The molecule has 0 radical (unpaired) electrons. The molecule has 6 heteroatoms. The highest BCUT2D eigenvalue weighted by Gasteiger charge is 2.37. The molecule has 2 aromatic carbocycles. The SMILES string of the molecule is CC(C)NC(=O)[C@@H]1C[C@@H](Sc2ccc(F)cc2)CN1Cc1cccc(O)c1. The van der Waals surface area contributed by atoms with Crippen LogP contribution in [-0.2, 0) is 11.3 Å². The summed E-state index contributed by atoms with van der Waals surface area (Å²) in [5, 5.41) is 13.0. The first kappa shape index (κ1) is 19.7. The second-order valence-corrected chi connectivity index (χ2v) is 8.58. The van der Waals surface area contributed by atoms with E-state index in [0.717, 1.165) is 23.4 Å². The Balaban J connectivity index is 1.73. The minimum atomic E-state index is -0.245. The van der Waals surface area contributed by atoms with Gasteiger partial charge in [-0.05, 0) is 62.2 Å². The Morgan fingerprint density at radius 3 is 2.70 bits per heavy atom. The molecule has 1 fully saturated rings. The van der Waals surface area contributed by atoms with Crippen molar-refractivity contribution in [2.24, 2.45) is 0 Å². The van der Waals surface area contributed by atoms with Gasteiger partial charge < -0.3 is 10.4 Å². The summed E-state index contributed by atoms with van der Waals surface area (Å²) >= 11 is 1.68. The molecule has 2 aromatic rings. The number of aromatic hydroxyl groups is 1. The van der Waals surface area contributed by atoms with Gasteiger partial charge in [0.2, 0.25) is 5.91 Å². The number of thioether (sulfide) groups is 1. The summed E-state index contributed by atoms with van der Waals surface area (Å²) in [5.74, 6) is 0.0185. The number of amides is 1. The van der Waals surface area contributed by atoms with E-state index >= 15 is 0 Å². The molecule has 0 unspecified atom stereocenters. The predicted molar refractivity (Wildman–Crippen MR) is 106 cm³/mol. The number of likely N-dealkylation sites (tertiary alicyclic amines) is 1. The average molecular weight is 389 g/mol. The van der Waals surface area contributed by atoms with Crippen molar-refractivity contribution in [2.75, 3.05) is 6.54 Å². The second kappa shape index (κ2) is 8.76. The van der Waals surface area contributed by atoms with Gasteiger partial charge in [-0.1, -0.05) is 12.1 Å². The van der Waals surface area contributed by atoms with E-state index in [-0.39, 0.29) is 34.8 Å². The molecular weight excluding hydrogens is 363 g/mol. The zero-order chi connectivity index (χ0) is 19.4. The fourth-order valence-electron chi connectivity index (χ4n) is 3.37. The molecule has 27 heavy (non-hydrogen) atoms. The van der Waals surface area contributed by atoms with Crippen LogP contribution in [0.15, 0.2) is 53.4 Å². The van der Waals surface area contributed by atoms with Crippen LogP contribution >= 0.6 is 11.8 Å². The smallest absolute Gasteiger partial charge is 0.237 e. The number of benzene rings is 2. The molecule has 3 rings (SSSR count). The molecule has 4 nitrogen and oxygen atoms in total. The number of halogens is 1. The lowest BCUT2D eigenvalue weighted by Gasteiger charge is -2.24. The molecule has 0 aromatic heterocycles. The molecule has 2 N–H and O–H groups in total. The van der Waals surface area contributed by atoms with Gasteiger partial charge >= 0.3 is 0 Å². The first-order chi connectivity index (χ1) is 12.9. The number of carbonyl (C=O) groups excluding carboxylic acids is 1. The van der Waals surface area contributed by atoms with Gasteiger partial charge in [-0.15, -0.1) is 11.8 Å². The Morgan fingerprint density at radius 1 is 1.30 bits per heavy atom. The molecule has 0 saturated carbocycles. The van der Waals surface area contributed by atoms with Gasteiger partial charge in [0, 0.05) is 29.3 Å². The minimum absolute atomic E-state index is 0.0346. The highest BCUT2D eigenvalue weighted by Crippen LogP contribution is 2.34. The Morgan fingerprint density at radius 2 is 2.04 bits per heavy atom. The lowest BCUT2D eigenvalue weighted by molar-refractivity contribution is -0.126. The molecule has 1 heterocycles. The van der Waals surface area contributed by atoms with Crippen LogP contribution in [0, 0.1) is 5.82 Å². The number of carbonyl (C=O) groups is 1. The van der Waals surface area contributed by atoms with Crippen molar-refractivity contribution < 1.29 is 14.3 Å². The van der Waals surface area contributed by atoms with E-state index < -0.39 is 0 Å². The van der Waals surface area contributed by atoms with Crippen LogP contribution < -0.4 is 5.32 Å². The zero-order valence-corrected chi connectivity index (χ0v) is 16.4. The van der Waals surface area contributed by atoms with E-state index in [9.17, 15) is 14.3 Å². The third kappa shape index (κ3) is 5.47. The number of nitrogens with one attached hydrogen (secondary N) is 1. The predicted octanol–water partition coefficient (Wildman–Crippen LogP) is 3.79. The van der Waals surface area contributed by atoms with Crippen LogP contribution in [0.2, 0.25) is 0 Å². The molecular formula is C21H25FN2O2S. The first-order valence-electron chi connectivity index (χ1n) is 9.15. The molecule has 1 amide bonds. The number of phenols is 1. The fourth-order valence-corrected chi connectivity index (χ4v) is 4.59. The summed E-state index contributed by atoms with van der Waals surface area (Å²) in [7, 11) is 0. The molecule has 1 aliphatic rings. The largest absolute Gasteiger partial charge is 0.508 e. The van der Waals surface area contributed by atoms with Crippen molar-refractivity contribution in [1.29, 1.82) is 0 Å². The van der Waals surface area contributed by atoms with E-state index in [1.54, 1.807) is 36.0 Å². The third-order valence-corrected chi connectivity index (χ3v) is 5.73. The van der Waals surface area contributed by atoms with Crippen molar-refractivity contribution in [3.8, 4) is 5.75 Å². The number of rotatable bonds is 6. The maximum atomic E-state index is 13.1. The summed E-state index contributed by atoms with van der Waals surface area (Å²) in [6, 6.07) is 13.5. The number of hydrogen-bond acceptors (Lipinski definition) is 4. The Hall–Kier alpha value is -2.05. The van der Waals surface area contributed by atoms with E-state index in [1.165, 1.54) is 12.1 Å². The highest BCUT2D eigenvalue weighted by molar-refractivity contribution is 8.00. The van der Waals surface area contributed by atoms with Crippen LogP contribution in [0.5, 0.6) is 5.75 Å². The van der Waals surface area contributed by atoms with Gasteiger partial charge in [0.15, 0.2) is 0 Å². The van der Waals surface area contributed by atoms with E-state index in [0.29, 0.717) is 6.54 Å². The van der Waals surface area contributed by atoms with Crippen LogP contribution in [0.4, 0.5) is 4.39 Å². The lowest BCUT2D eigenvalue weighted by atomic mass is 10.1. The van der Waals surface area contributed by atoms with Crippen LogP contribution in [0.3, 0.4) is 0 Å². The first-order valence-corrected chi connectivity index (χ1v) is 10.0. The van der Waals surface area contributed by atoms with Gasteiger partial charge in [-0.2, -0.15) is 0 Å². The Kier molecular flexibility index (Phi) is 6.39. The lowest BCUT2D eigenvalue weighted by Crippen LogP contribution is -2.45. The standard InChI is InChI=1S/C21H25FN2O2S/c1-14(2)23-21(26)20-11-19(27-18-8-6-16(22)7-9-18)13-24(20)12-15-4-3-5-17(25)10-15/h3-10,14,19-20,25H,11-13H2,1-2H3,(H,23,26)/t19-,20+/m1/s1. The highest BCUT2D eigenvalue weighted by atomic mass is 32.2. The van der Waals surface area contributed by atoms with Crippen molar-refractivity contribution in [1.82, 2.24) is 10.2 Å². The van der Waals surface area contributed by atoms with E-state index in [1.807, 2.05) is 26.0 Å². The maximum Gasteiger partial charge on any atom is 0.237 e. The molecule has 1 saturated heterocycles. The van der Waals surface area contributed by atoms with Gasteiger partial charge in [0.25, 0.3) is 0 Å². The molecule has 0 bridgehead atoms. The monoisotopic (exact) mass is 388 g/mol. The minimum Gasteiger partial charge on any atom is -0.508 e. The molecule has 0 spiro atoms. The van der Waals surface area contributed by atoms with E-state index in [4.69, 9.17) is 0 Å². The van der Waals surface area contributed by atoms with Crippen LogP contribution in [0.1, 0.15) is 25.8 Å². The fraction of sp³-hybridized carbons (Fsp3) is 0.381. The van der Waals surface area contributed by atoms with Crippen molar-refractivity contribution in [3.63, 3.8) is 0 Å². The van der Waals surface area contributed by atoms with Crippen LogP contribution in [-0.4, -0.2) is 39.8 Å². The van der Waals surface area contributed by atoms with Crippen molar-refractivity contribution in [3.05, 3.63) is 59.9 Å². The second-order valence-electron chi connectivity index (χ2n) is 7.21. The van der Waals surface area contributed by atoms with E-state index in [2.05, 4.69) is 10.2 Å². The topological polar surface area (TPSA) is 52.6 Å².